The van der Waals surface area contributed by atoms with Gasteiger partial charge in [-0.2, -0.15) is 0 Å². The van der Waals surface area contributed by atoms with E-state index < -0.39 is 0 Å². The summed E-state index contributed by atoms with van der Waals surface area (Å²) < 4.78 is 0. The molecule has 2 heterocycles. The molecule has 0 radical (unpaired) electrons. The molecule has 6 nitrogen and oxygen atoms in total. The minimum Gasteiger partial charge on any atom is -0.349 e. The van der Waals surface area contributed by atoms with Crippen LogP contribution in [0.3, 0.4) is 0 Å². The molecule has 0 aliphatic heterocycles. The number of pyridine rings is 2. The Kier molecular flexibility index (Phi) is 5.15. The third kappa shape index (κ3) is 4.16. The third-order valence-electron chi connectivity index (χ3n) is 4.25. The number of rotatable bonds is 4. The van der Waals surface area contributed by atoms with Gasteiger partial charge in [-0.3, -0.25) is 19.6 Å². The lowest BCUT2D eigenvalue weighted by atomic mass is 9.91. The monoisotopic (exact) mass is 324 g/mol. The van der Waals surface area contributed by atoms with Gasteiger partial charge in [0.1, 0.15) is 0 Å². The standard InChI is InChI=1S/C18H20N4O2/c23-17(13-3-1-9-19-11-13)21-15-5-7-16(8-6-15)22-18(24)14-4-2-10-20-12-14/h1-4,9-12,15-16H,5-8H2,(H,21,23)(H,22,24). The summed E-state index contributed by atoms with van der Waals surface area (Å²) in [5.41, 5.74) is 1.15. The summed E-state index contributed by atoms with van der Waals surface area (Å²) in [6, 6.07) is 7.29. The molecular formula is C18H20N4O2. The molecule has 0 aromatic carbocycles. The van der Waals surface area contributed by atoms with E-state index in [-0.39, 0.29) is 23.9 Å². The molecule has 2 amide bonds. The van der Waals surface area contributed by atoms with E-state index in [0.29, 0.717) is 11.1 Å². The Bertz CT molecular complexity index is 621. The minimum absolute atomic E-state index is 0.0917. The lowest BCUT2D eigenvalue weighted by Crippen LogP contribution is -2.43. The second-order valence-electron chi connectivity index (χ2n) is 5.98. The zero-order valence-electron chi connectivity index (χ0n) is 13.3. The van der Waals surface area contributed by atoms with E-state index in [2.05, 4.69) is 20.6 Å². The molecule has 0 saturated heterocycles. The minimum atomic E-state index is -0.0917. The number of hydrogen-bond donors (Lipinski definition) is 2. The van der Waals surface area contributed by atoms with E-state index in [0.717, 1.165) is 25.7 Å². The topological polar surface area (TPSA) is 84.0 Å². The van der Waals surface area contributed by atoms with Crippen LogP contribution in [0.25, 0.3) is 0 Å². The van der Waals surface area contributed by atoms with Gasteiger partial charge in [0.2, 0.25) is 0 Å². The second kappa shape index (κ2) is 7.68. The molecule has 2 N–H and O–H groups in total. The van der Waals surface area contributed by atoms with Crippen LogP contribution < -0.4 is 10.6 Å². The van der Waals surface area contributed by atoms with E-state index in [1.165, 1.54) is 0 Å². The Labute approximate surface area is 140 Å². The first-order valence-electron chi connectivity index (χ1n) is 8.14. The van der Waals surface area contributed by atoms with Gasteiger partial charge in [-0.15, -0.1) is 0 Å². The zero-order valence-corrected chi connectivity index (χ0v) is 13.3. The van der Waals surface area contributed by atoms with Crippen molar-refractivity contribution in [2.75, 3.05) is 0 Å². The Balaban J connectivity index is 1.46. The number of nitrogens with zero attached hydrogens (tertiary/aromatic N) is 2. The Morgan fingerprint density at radius 1 is 0.792 bits per heavy atom. The van der Waals surface area contributed by atoms with Crippen LogP contribution in [-0.4, -0.2) is 33.9 Å². The maximum absolute atomic E-state index is 12.1. The second-order valence-corrected chi connectivity index (χ2v) is 5.98. The molecule has 0 spiro atoms. The average Bonchev–Trinajstić information content (AvgIpc) is 2.65. The molecule has 2 aromatic heterocycles. The van der Waals surface area contributed by atoms with E-state index in [4.69, 9.17) is 0 Å². The molecule has 1 aliphatic carbocycles. The van der Waals surface area contributed by atoms with Crippen molar-refractivity contribution >= 4 is 11.8 Å². The van der Waals surface area contributed by atoms with Gasteiger partial charge in [-0.25, -0.2) is 0 Å². The molecule has 3 rings (SSSR count). The molecule has 1 fully saturated rings. The molecule has 124 valence electrons. The molecule has 0 unspecified atom stereocenters. The maximum Gasteiger partial charge on any atom is 0.253 e. The quantitative estimate of drug-likeness (QED) is 0.900. The smallest absolute Gasteiger partial charge is 0.253 e. The summed E-state index contributed by atoms with van der Waals surface area (Å²) in [7, 11) is 0. The first-order valence-corrected chi connectivity index (χ1v) is 8.14. The molecule has 1 saturated carbocycles. The molecule has 0 bridgehead atoms. The maximum atomic E-state index is 12.1. The van der Waals surface area contributed by atoms with Crippen LogP contribution in [0.5, 0.6) is 0 Å². The third-order valence-corrected chi connectivity index (χ3v) is 4.25. The average molecular weight is 324 g/mol. The predicted molar refractivity (Wildman–Crippen MR) is 89.5 cm³/mol. The molecular weight excluding hydrogens is 304 g/mol. The summed E-state index contributed by atoms with van der Waals surface area (Å²) in [6.07, 6.45) is 9.83. The van der Waals surface area contributed by atoms with Crippen molar-refractivity contribution in [1.29, 1.82) is 0 Å². The summed E-state index contributed by atoms with van der Waals surface area (Å²) in [5.74, 6) is -0.183. The highest BCUT2D eigenvalue weighted by molar-refractivity contribution is 5.94. The highest BCUT2D eigenvalue weighted by Crippen LogP contribution is 2.19. The summed E-state index contributed by atoms with van der Waals surface area (Å²) in [5, 5.41) is 6.08. The molecule has 24 heavy (non-hydrogen) atoms. The van der Waals surface area contributed by atoms with Crippen molar-refractivity contribution in [3.05, 3.63) is 60.2 Å². The normalized spacial score (nSPS) is 20.2. The predicted octanol–water partition coefficient (Wildman–Crippen LogP) is 1.95. The van der Waals surface area contributed by atoms with E-state index in [9.17, 15) is 9.59 Å². The van der Waals surface area contributed by atoms with Crippen LogP contribution >= 0.6 is 0 Å². The fraction of sp³-hybridized carbons (Fsp3) is 0.333. The van der Waals surface area contributed by atoms with Crippen molar-refractivity contribution in [2.45, 2.75) is 37.8 Å². The van der Waals surface area contributed by atoms with Gasteiger partial charge >= 0.3 is 0 Å². The number of nitrogens with one attached hydrogen (secondary N) is 2. The Morgan fingerprint density at radius 3 is 1.54 bits per heavy atom. The number of amides is 2. The van der Waals surface area contributed by atoms with Crippen LogP contribution in [0.15, 0.2) is 49.1 Å². The van der Waals surface area contributed by atoms with Crippen molar-refractivity contribution in [2.24, 2.45) is 0 Å². The van der Waals surface area contributed by atoms with Crippen molar-refractivity contribution < 1.29 is 9.59 Å². The number of hydrogen-bond acceptors (Lipinski definition) is 4. The number of aromatic nitrogens is 2. The number of carbonyl (C=O) groups is 2. The van der Waals surface area contributed by atoms with Gasteiger partial charge in [0.25, 0.3) is 11.8 Å². The first kappa shape index (κ1) is 16.1. The van der Waals surface area contributed by atoms with Crippen LogP contribution in [0.1, 0.15) is 46.4 Å². The van der Waals surface area contributed by atoms with E-state index in [1.54, 1.807) is 49.1 Å². The van der Waals surface area contributed by atoms with Gasteiger partial charge in [0.05, 0.1) is 11.1 Å². The Morgan fingerprint density at radius 2 is 1.21 bits per heavy atom. The van der Waals surface area contributed by atoms with E-state index in [1.807, 2.05) is 0 Å². The van der Waals surface area contributed by atoms with Crippen molar-refractivity contribution in [3.8, 4) is 0 Å². The fourth-order valence-corrected chi connectivity index (χ4v) is 2.91. The molecule has 0 atom stereocenters. The molecule has 2 aromatic rings. The molecule has 6 heteroatoms. The van der Waals surface area contributed by atoms with Gasteiger partial charge in [0.15, 0.2) is 0 Å². The summed E-state index contributed by atoms with van der Waals surface area (Å²) in [6.45, 7) is 0. The SMILES string of the molecule is O=C(NC1CCC(NC(=O)c2cccnc2)CC1)c1cccnc1. The fourth-order valence-electron chi connectivity index (χ4n) is 2.91. The summed E-state index contributed by atoms with van der Waals surface area (Å²) in [4.78, 5) is 32.2. The van der Waals surface area contributed by atoms with Gasteiger partial charge < -0.3 is 10.6 Å². The van der Waals surface area contributed by atoms with Crippen molar-refractivity contribution in [1.82, 2.24) is 20.6 Å². The van der Waals surface area contributed by atoms with Gasteiger partial charge in [0, 0.05) is 36.9 Å². The largest absolute Gasteiger partial charge is 0.349 e. The van der Waals surface area contributed by atoms with E-state index >= 15 is 0 Å². The molecule has 1 aliphatic rings. The highest BCUT2D eigenvalue weighted by Gasteiger charge is 2.24. The van der Waals surface area contributed by atoms with Crippen LogP contribution in [-0.2, 0) is 0 Å². The van der Waals surface area contributed by atoms with Gasteiger partial charge in [-0.05, 0) is 49.9 Å². The van der Waals surface area contributed by atoms with Crippen molar-refractivity contribution in [3.63, 3.8) is 0 Å². The zero-order chi connectivity index (χ0) is 16.8. The lowest BCUT2D eigenvalue weighted by Gasteiger charge is -2.29. The van der Waals surface area contributed by atoms with Gasteiger partial charge in [-0.1, -0.05) is 0 Å². The highest BCUT2D eigenvalue weighted by atomic mass is 16.2. The first-order chi connectivity index (χ1) is 11.7. The number of carbonyl (C=O) groups excluding carboxylic acids is 2. The Hall–Kier alpha value is -2.76. The summed E-state index contributed by atoms with van der Waals surface area (Å²) >= 11 is 0. The van der Waals surface area contributed by atoms with Crippen LogP contribution in [0.4, 0.5) is 0 Å². The van der Waals surface area contributed by atoms with Crippen LogP contribution in [0.2, 0.25) is 0 Å². The lowest BCUT2D eigenvalue weighted by molar-refractivity contribution is 0.0891. The van der Waals surface area contributed by atoms with Crippen LogP contribution in [0, 0.1) is 0 Å².